The third-order valence-electron chi connectivity index (χ3n) is 3.83. The van der Waals surface area contributed by atoms with Crippen LogP contribution < -0.4 is 5.73 Å². The minimum Gasteiger partial charge on any atom is -0.481 e. The van der Waals surface area contributed by atoms with Crippen molar-refractivity contribution in [1.82, 2.24) is 0 Å². The van der Waals surface area contributed by atoms with Crippen LogP contribution in [0.15, 0.2) is 17.5 Å². The van der Waals surface area contributed by atoms with Gasteiger partial charge in [-0.15, -0.1) is 11.3 Å². The lowest BCUT2D eigenvalue weighted by molar-refractivity contribution is -0.139. The molecule has 2 atom stereocenters. The topological polar surface area (TPSA) is 63.3 Å². The highest BCUT2D eigenvalue weighted by Crippen LogP contribution is 2.52. The molecule has 1 aliphatic carbocycles. The molecule has 0 bridgehead atoms. The maximum absolute atomic E-state index is 11.2. The average Bonchev–Trinajstić information content (AvgIpc) is 3.00. The van der Waals surface area contributed by atoms with Crippen molar-refractivity contribution >= 4 is 17.3 Å². The molecule has 1 aromatic heterocycles. The largest absolute Gasteiger partial charge is 0.481 e. The standard InChI is InChI=1S/C13H19NO2S/c1-2-10(14)13(8-12(15)16,9-5-6-9)11-4-3-7-17-11/h3-4,7,9-10H,2,5-6,8,14H2,1H3,(H,15,16). The molecule has 1 saturated carbocycles. The van der Waals surface area contributed by atoms with E-state index in [0.29, 0.717) is 5.92 Å². The molecule has 1 heterocycles. The van der Waals surface area contributed by atoms with Crippen LogP contribution in [0.2, 0.25) is 0 Å². The molecule has 17 heavy (non-hydrogen) atoms. The van der Waals surface area contributed by atoms with Crippen molar-refractivity contribution in [3.05, 3.63) is 22.4 Å². The zero-order valence-electron chi connectivity index (χ0n) is 10.1. The van der Waals surface area contributed by atoms with Gasteiger partial charge in [-0.05, 0) is 36.6 Å². The summed E-state index contributed by atoms with van der Waals surface area (Å²) in [6.45, 7) is 2.04. The monoisotopic (exact) mass is 253 g/mol. The van der Waals surface area contributed by atoms with Crippen LogP contribution in [0, 0.1) is 5.92 Å². The van der Waals surface area contributed by atoms with Crippen molar-refractivity contribution in [2.75, 3.05) is 0 Å². The molecule has 3 nitrogen and oxygen atoms in total. The third kappa shape index (κ3) is 2.24. The van der Waals surface area contributed by atoms with E-state index < -0.39 is 5.97 Å². The summed E-state index contributed by atoms with van der Waals surface area (Å²) < 4.78 is 0. The van der Waals surface area contributed by atoms with Gasteiger partial charge < -0.3 is 10.8 Å². The van der Waals surface area contributed by atoms with Gasteiger partial charge in [-0.25, -0.2) is 0 Å². The van der Waals surface area contributed by atoms with Crippen LogP contribution >= 0.6 is 11.3 Å². The number of hydrogen-bond acceptors (Lipinski definition) is 3. The number of thiophene rings is 1. The van der Waals surface area contributed by atoms with Crippen molar-refractivity contribution in [2.45, 2.75) is 44.1 Å². The fourth-order valence-corrected chi connectivity index (χ4v) is 3.88. The fourth-order valence-electron chi connectivity index (χ4n) is 2.81. The minimum absolute atomic E-state index is 0.0650. The Bertz CT molecular complexity index is 386. The van der Waals surface area contributed by atoms with Gasteiger partial charge in [0.2, 0.25) is 0 Å². The van der Waals surface area contributed by atoms with Crippen LogP contribution in [-0.4, -0.2) is 17.1 Å². The van der Waals surface area contributed by atoms with Crippen molar-refractivity contribution in [2.24, 2.45) is 11.7 Å². The first-order chi connectivity index (χ1) is 8.11. The first-order valence-corrected chi connectivity index (χ1v) is 7.00. The number of aliphatic carboxylic acids is 1. The summed E-state index contributed by atoms with van der Waals surface area (Å²) in [5, 5.41) is 11.2. The summed E-state index contributed by atoms with van der Waals surface area (Å²) in [5.41, 5.74) is 5.94. The maximum atomic E-state index is 11.2. The molecular formula is C13H19NO2S. The Morgan fingerprint density at radius 1 is 1.71 bits per heavy atom. The number of carbonyl (C=O) groups is 1. The Kier molecular flexibility index (Phi) is 3.54. The number of rotatable bonds is 6. The van der Waals surface area contributed by atoms with E-state index in [4.69, 9.17) is 5.73 Å². The van der Waals surface area contributed by atoms with E-state index in [-0.39, 0.29) is 17.9 Å². The second-order valence-corrected chi connectivity index (χ2v) is 5.82. The zero-order valence-corrected chi connectivity index (χ0v) is 10.9. The fraction of sp³-hybridized carbons (Fsp3) is 0.615. The first kappa shape index (κ1) is 12.6. The molecule has 3 N–H and O–H groups in total. The molecule has 1 fully saturated rings. The predicted molar refractivity (Wildman–Crippen MR) is 69.2 cm³/mol. The Labute approximate surface area is 106 Å². The van der Waals surface area contributed by atoms with Crippen molar-refractivity contribution in [3.63, 3.8) is 0 Å². The average molecular weight is 253 g/mol. The van der Waals surface area contributed by atoms with Crippen molar-refractivity contribution in [1.29, 1.82) is 0 Å². The minimum atomic E-state index is -0.741. The third-order valence-corrected chi connectivity index (χ3v) is 4.89. The van der Waals surface area contributed by atoms with E-state index in [1.54, 1.807) is 11.3 Å². The summed E-state index contributed by atoms with van der Waals surface area (Å²) in [5.74, 6) is -0.290. The lowest BCUT2D eigenvalue weighted by Crippen LogP contribution is -2.48. The summed E-state index contributed by atoms with van der Waals surface area (Å²) >= 11 is 1.64. The summed E-state index contributed by atoms with van der Waals surface area (Å²) in [6, 6.07) is 3.97. The van der Waals surface area contributed by atoms with Gasteiger partial charge in [0.05, 0.1) is 6.42 Å². The van der Waals surface area contributed by atoms with Gasteiger partial charge in [-0.2, -0.15) is 0 Å². The van der Waals surface area contributed by atoms with E-state index in [0.717, 1.165) is 24.1 Å². The quantitative estimate of drug-likeness (QED) is 0.819. The van der Waals surface area contributed by atoms with E-state index >= 15 is 0 Å². The molecule has 0 aliphatic heterocycles. The molecule has 0 spiro atoms. The molecule has 2 unspecified atom stereocenters. The molecule has 2 rings (SSSR count). The van der Waals surface area contributed by atoms with Gasteiger partial charge >= 0.3 is 5.97 Å². The molecule has 0 amide bonds. The van der Waals surface area contributed by atoms with Gasteiger partial charge in [0.15, 0.2) is 0 Å². The van der Waals surface area contributed by atoms with E-state index in [9.17, 15) is 9.90 Å². The smallest absolute Gasteiger partial charge is 0.304 e. The van der Waals surface area contributed by atoms with Gasteiger partial charge in [0.1, 0.15) is 0 Å². The van der Waals surface area contributed by atoms with Crippen molar-refractivity contribution < 1.29 is 9.90 Å². The lowest BCUT2D eigenvalue weighted by atomic mass is 9.71. The van der Waals surface area contributed by atoms with Crippen LogP contribution in [0.3, 0.4) is 0 Å². The highest BCUT2D eigenvalue weighted by molar-refractivity contribution is 7.10. The van der Waals surface area contributed by atoms with Gasteiger partial charge in [0.25, 0.3) is 0 Å². The maximum Gasteiger partial charge on any atom is 0.304 e. The van der Waals surface area contributed by atoms with E-state index in [1.807, 2.05) is 24.4 Å². The molecule has 1 aliphatic rings. The van der Waals surface area contributed by atoms with Crippen LogP contribution in [0.4, 0.5) is 0 Å². The Morgan fingerprint density at radius 2 is 2.41 bits per heavy atom. The molecule has 0 aromatic carbocycles. The number of carboxylic acids is 1. The Balaban J connectivity index is 2.41. The number of hydrogen-bond donors (Lipinski definition) is 2. The Hall–Kier alpha value is -0.870. The highest BCUT2D eigenvalue weighted by Gasteiger charge is 2.51. The molecule has 94 valence electrons. The predicted octanol–water partition coefficient (Wildman–Crippen LogP) is 2.61. The van der Waals surface area contributed by atoms with Gasteiger partial charge in [0, 0.05) is 16.3 Å². The van der Waals surface area contributed by atoms with Crippen LogP contribution in [0.1, 0.15) is 37.5 Å². The molecule has 0 saturated heterocycles. The summed E-state index contributed by atoms with van der Waals surface area (Å²) in [7, 11) is 0. The second-order valence-electron chi connectivity index (χ2n) is 4.88. The van der Waals surface area contributed by atoms with Crippen LogP contribution in [0.5, 0.6) is 0 Å². The van der Waals surface area contributed by atoms with Gasteiger partial charge in [-0.1, -0.05) is 13.0 Å². The Morgan fingerprint density at radius 3 is 2.82 bits per heavy atom. The number of carboxylic acid groups (broad SMARTS) is 1. The molecule has 4 heteroatoms. The second kappa shape index (κ2) is 4.78. The van der Waals surface area contributed by atoms with Gasteiger partial charge in [-0.3, -0.25) is 4.79 Å². The van der Waals surface area contributed by atoms with E-state index in [1.165, 1.54) is 0 Å². The van der Waals surface area contributed by atoms with E-state index in [2.05, 4.69) is 0 Å². The first-order valence-electron chi connectivity index (χ1n) is 6.12. The molecular weight excluding hydrogens is 234 g/mol. The summed E-state index contributed by atoms with van der Waals surface area (Å²) in [6.07, 6.45) is 3.20. The molecule has 0 radical (unpaired) electrons. The SMILES string of the molecule is CCC(N)C(CC(=O)O)(c1cccs1)C1CC1. The zero-order chi connectivity index (χ0) is 12.5. The van der Waals surface area contributed by atoms with Crippen LogP contribution in [-0.2, 0) is 10.2 Å². The normalized spacial score (nSPS) is 20.8. The summed E-state index contributed by atoms with van der Waals surface area (Å²) in [4.78, 5) is 12.4. The lowest BCUT2D eigenvalue weighted by Gasteiger charge is -2.37. The molecule has 1 aromatic rings. The van der Waals surface area contributed by atoms with Crippen LogP contribution in [0.25, 0.3) is 0 Å². The number of nitrogens with two attached hydrogens (primary N) is 1. The van der Waals surface area contributed by atoms with Crippen molar-refractivity contribution in [3.8, 4) is 0 Å². The highest BCUT2D eigenvalue weighted by atomic mass is 32.1.